The Morgan fingerprint density at radius 3 is 1.93 bits per heavy atom. The summed E-state index contributed by atoms with van der Waals surface area (Å²) in [5, 5.41) is 0. The summed E-state index contributed by atoms with van der Waals surface area (Å²) in [6.07, 6.45) is 8.43. The summed E-state index contributed by atoms with van der Waals surface area (Å²) in [6, 6.07) is 8.76. The van der Waals surface area contributed by atoms with E-state index in [4.69, 9.17) is 9.47 Å². The number of hydrogen-bond acceptors (Lipinski definition) is 2. The summed E-state index contributed by atoms with van der Waals surface area (Å²) < 4.78 is 12.6. The highest BCUT2D eigenvalue weighted by molar-refractivity contribution is 5.29. The SMILES string of the molecule is CCC(CC(C)(C)C)c1ccc(OC(CC(C)(C)C)OC2CCCC2)cc1. The Labute approximate surface area is 168 Å². The van der Waals surface area contributed by atoms with Crippen molar-refractivity contribution in [3.8, 4) is 5.75 Å². The van der Waals surface area contributed by atoms with Crippen molar-refractivity contribution in [2.75, 3.05) is 0 Å². The van der Waals surface area contributed by atoms with E-state index in [1.807, 2.05) is 0 Å². The third-order valence-corrected chi connectivity index (χ3v) is 5.40. The summed E-state index contributed by atoms with van der Waals surface area (Å²) in [7, 11) is 0. The number of hydrogen-bond donors (Lipinski definition) is 0. The molecule has 1 saturated carbocycles. The van der Waals surface area contributed by atoms with Gasteiger partial charge in [-0.2, -0.15) is 0 Å². The zero-order chi connectivity index (χ0) is 20.1. The molecule has 154 valence electrons. The van der Waals surface area contributed by atoms with Crippen molar-refractivity contribution >= 4 is 0 Å². The molecule has 0 amide bonds. The van der Waals surface area contributed by atoms with Gasteiger partial charge in [-0.3, -0.25) is 0 Å². The van der Waals surface area contributed by atoms with Gasteiger partial charge < -0.3 is 9.47 Å². The molecule has 0 aromatic heterocycles. The van der Waals surface area contributed by atoms with Crippen LogP contribution in [0, 0.1) is 10.8 Å². The first kappa shape index (κ1) is 22.3. The van der Waals surface area contributed by atoms with Crippen molar-refractivity contribution in [2.24, 2.45) is 10.8 Å². The lowest BCUT2D eigenvalue weighted by Gasteiger charge is -2.29. The van der Waals surface area contributed by atoms with Crippen LogP contribution in [0.1, 0.15) is 105 Å². The van der Waals surface area contributed by atoms with Crippen LogP contribution in [-0.2, 0) is 4.74 Å². The van der Waals surface area contributed by atoms with Crippen LogP contribution >= 0.6 is 0 Å². The van der Waals surface area contributed by atoms with E-state index in [1.54, 1.807) is 0 Å². The Morgan fingerprint density at radius 1 is 0.889 bits per heavy atom. The number of benzene rings is 1. The minimum atomic E-state index is -0.157. The van der Waals surface area contributed by atoms with Crippen LogP contribution in [0.15, 0.2) is 24.3 Å². The van der Waals surface area contributed by atoms with Gasteiger partial charge in [-0.25, -0.2) is 0 Å². The largest absolute Gasteiger partial charge is 0.465 e. The summed E-state index contributed by atoms with van der Waals surface area (Å²) in [4.78, 5) is 0. The Kier molecular flexibility index (Phi) is 7.80. The van der Waals surface area contributed by atoms with E-state index in [9.17, 15) is 0 Å². The maximum absolute atomic E-state index is 6.33. The highest BCUT2D eigenvalue weighted by atomic mass is 16.7. The first-order valence-electron chi connectivity index (χ1n) is 11.0. The first-order valence-corrected chi connectivity index (χ1v) is 11.0. The second-order valence-electron chi connectivity index (χ2n) is 10.8. The maximum atomic E-state index is 6.33. The summed E-state index contributed by atoms with van der Waals surface area (Å²) in [5.74, 6) is 1.54. The van der Waals surface area contributed by atoms with E-state index in [0.717, 1.165) is 12.2 Å². The molecule has 1 aromatic carbocycles. The molecule has 1 aliphatic rings. The van der Waals surface area contributed by atoms with Gasteiger partial charge in [-0.05, 0) is 60.1 Å². The standard InChI is InChI=1S/C25H42O2/c1-8-19(17-24(2,3)4)20-13-15-22(16-14-20)27-23(18-25(5,6)7)26-21-11-9-10-12-21/h13-16,19,21,23H,8-12,17-18H2,1-7H3. The molecule has 1 aliphatic carbocycles. The van der Waals surface area contributed by atoms with E-state index in [-0.39, 0.29) is 11.7 Å². The van der Waals surface area contributed by atoms with Crippen molar-refractivity contribution in [1.29, 1.82) is 0 Å². The first-order chi connectivity index (χ1) is 12.6. The monoisotopic (exact) mass is 374 g/mol. The van der Waals surface area contributed by atoms with E-state index < -0.39 is 0 Å². The van der Waals surface area contributed by atoms with Gasteiger partial charge >= 0.3 is 0 Å². The van der Waals surface area contributed by atoms with Crippen LogP contribution in [0.3, 0.4) is 0 Å². The zero-order valence-corrected chi connectivity index (χ0v) is 18.8. The van der Waals surface area contributed by atoms with Gasteiger partial charge in [0.25, 0.3) is 0 Å². The Morgan fingerprint density at radius 2 is 1.44 bits per heavy atom. The Hall–Kier alpha value is -1.02. The molecule has 0 heterocycles. The van der Waals surface area contributed by atoms with Crippen molar-refractivity contribution < 1.29 is 9.47 Å². The molecule has 2 heteroatoms. The van der Waals surface area contributed by atoms with Crippen LogP contribution in [0.4, 0.5) is 0 Å². The molecule has 0 bridgehead atoms. The molecule has 2 rings (SSSR count). The molecular formula is C25H42O2. The smallest absolute Gasteiger partial charge is 0.200 e. The lowest BCUT2D eigenvalue weighted by atomic mass is 9.80. The summed E-state index contributed by atoms with van der Waals surface area (Å²) >= 11 is 0. The predicted molar refractivity (Wildman–Crippen MR) is 115 cm³/mol. The number of ether oxygens (including phenoxy) is 2. The summed E-state index contributed by atoms with van der Waals surface area (Å²) in [6.45, 7) is 16.0. The average Bonchev–Trinajstić information content (AvgIpc) is 3.04. The molecule has 0 spiro atoms. The molecule has 0 saturated heterocycles. The van der Waals surface area contributed by atoms with Gasteiger partial charge in [0.2, 0.25) is 6.29 Å². The fourth-order valence-electron chi connectivity index (χ4n) is 4.06. The molecule has 1 aromatic rings. The third kappa shape index (κ3) is 8.25. The quantitative estimate of drug-likeness (QED) is 0.434. The van der Waals surface area contributed by atoms with Crippen LogP contribution in [0.5, 0.6) is 5.75 Å². The normalized spacial score (nSPS) is 18.5. The molecule has 0 N–H and O–H groups in total. The zero-order valence-electron chi connectivity index (χ0n) is 18.8. The van der Waals surface area contributed by atoms with Crippen LogP contribution in [-0.4, -0.2) is 12.4 Å². The van der Waals surface area contributed by atoms with Crippen LogP contribution in [0.25, 0.3) is 0 Å². The van der Waals surface area contributed by atoms with Crippen molar-refractivity contribution in [1.82, 2.24) is 0 Å². The minimum absolute atomic E-state index is 0.157. The lowest BCUT2D eigenvalue weighted by Crippen LogP contribution is -2.30. The molecular weight excluding hydrogens is 332 g/mol. The van der Waals surface area contributed by atoms with Gasteiger partial charge in [0.15, 0.2) is 0 Å². The van der Waals surface area contributed by atoms with Crippen LogP contribution in [0.2, 0.25) is 0 Å². The average molecular weight is 375 g/mol. The van der Waals surface area contributed by atoms with Crippen LogP contribution < -0.4 is 4.74 Å². The molecule has 0 radical (unpaired) electrons. The van der Waals surface area contributed by atoms with E-state index in [2.05, 4.69) is 72.7 Å². The molecule has 2 nitrogen and oxygen atoms in total. The topological polar surface area (TPSA) is 18.5 Å². The minimum Gasteiger partial charge on any atom is -0.465 e. The summed E-state index contributed by atoms with van der Waals surface area (Å²) in [5.41, 5.74) is 1.95. The molecule has 1 fully saturated rings. The van der Waals surface area contributed by atoms with Gasteiger partial charge in [-0.15, -0.1) is 0 Å². The van der Waals surface area contributed by atoms with Gasteiger partial charge in [0.05, 0.1) is 6.10 Å². The predicted octanol–water partition coefficient (Wildman–Crippen LogP) is 7.72. The number of rotatable bonds is 8. The molecule has 2 unspecified atom stereocenters. The van der Waals surface area contributed by atoms with Crippen molar-refractivity contribution in [3.63, 3.8) is 0 Å². The second kappa shape index (κ2) is 9.45. The second-order valence-corrected chi connectivity index (χ2v) is 10.8. The van der Waals surface area contributed by atoms with Gasteiger partial charge in [0, 0.05) is 6.42 Å². The fourth-order valence-corrected chi connectivity index (χ4v) is 4.06. The van der Waals surface area contributed by atoms with E-state index in [1.165, 1.54) is 44.1 Å². The van der Waals surface area contributed by atoms with E-state index >= 15 is 0 Å². The van der Waals surface area contributed by atoms with Crippen molar-refractivity contribution in [2.45, 2.75) is 112 Å². The Bertz CT molecular complexity index is 541. The highest BCUT2D eigenvalue weighted by Gasteiger charge is 2.26. The lowest BCUT2D eigenvalue weighted by molar-refractivity contribution is -0.132. The van der Waals surface area contributed by atoms with Gasteiger partial charge in [-0.1, -0.05) is 73.4 Å². The maximum Gasteiger partial charge on any atom is 0.200 e. The molecule has 2 atom stereocenters. The third-order valence-electron chi connectivity index (χ3n) is 5.40. The van der Waals surface area contributed by atoms with Crippen molar-refractivity contribution in [3.05, 3.63) is 29.8 Å². The van der Waals surface area contributed by atoms with E-state index in [0.29, 0.717) is 17.4 Å². The molecule has 0 aliphatic heterocycles. The molecule has 27 heavy (non-hydrogen) atoms. The fraction of sp³-hybridized carbons (Fsp3) is 0.760. The highest BCUT2D eigenvalue weighted by Crippen LogP contribution is 2.35. The Balaban J connectivity index is 2.03. The van der Waals surface area contributed by atoms with Gasteiger partial charge in [0.1, 0.15) is 5.75 Å².